The Morgan fingerprint density at radius 3 is 2.18 bits per heavy atom. The van der Waals surface area contributed by atoms with Crippen molar-refractivity contribution >= 4 is 12.6 Å². The Kier molecular flexibility index (Phi) is 3.44. The predicted molar refractivity (Wildman–Crippen MR) is 76.2 cm³/mol. The van der Waals surface area contributed by atoms with E-state index >= 15 is 0 Å². The monoisotopic (exact) mass is 250 g/mol. The van der Waals surface area contributed by atoms with Gasteiger partial charge in [-0.3, -0.25) is 0 Å². The summed E-state index contributed by atoms with van der Waals surface area (Å²) in [5.41, 5.74) is 1.92. The summed E-state index contributed by atoms with van der Waals surface area (Å²) in [6.07, 6.45) is 2.52. The summed E-state index contributed by atoms with van der Waals surface area (Å²) in [5.74, 6) is 1.92. The summed E-state index contributed by atoms with van der Waals surface area (Å²) in [7, 11) is 0. The Morgan fingerprint density at radius 2 is 1.76 bits per heavy atom. The van der Waals surface area contributed by atoms with Crippen molar-refractivity contribution in [2.75, 3.05) is 12.4 Å². The van der Waals surface area contributed by atoms with Gasteiger partial charge in [0.2, 0.25) is 0 Å². The van der Waals surface area contributed by atoms with Crippen molar-refractivity contribution in [3.8, 4) is 5.75 Å². The molecule has 0 aliphatic heterocycles. The van der Waals surface area contributed by atoms with Crippen molar-refractivity contribution in [1.29, 1.82) is 0 Å². The summed E-state index contributed by atoms with van der Waals surface area (Å²) in [4.78, 5) is 0. The minimum Gasteiger partial charge on any atom is -0.493 e. The average Bonchev–Trinajstić information content (AvgIpc) is 3.06. The van der Waals surface area contributed by atoms with Crippen LogP contribution in [0.25, 0.3) is 0 Å². The molecule has 0 spiro atoms. The van der Waals surface area contributed by atoms with Gasteiger partial charge >= 0.3 is 0 Å². The Balaban J connectivity index is 1.94. The topological polar surface area (TPSA) is 9.23 Å². The third-order valence-electron chi connectivity index (χ3n) is 3.56. The average molecular weight is 250 g/mol. The van der Waals surface area contributed by atoms with Gasteiger partial charge in [0, 0.05) is 5.41 Å². The lowest BCUT2D eigenvalue weighted by Gasteiger charge is -2.19. The maximum Gasteiger partial charge on any atom is 0.119 e. The van der Waals surface area contributed by atoms with Gasteiger partial charge in [0.15, 0.2) is 0 Å². The van der Waals surface area contributed by atoms with Crippen LogP contribution in [0.4, 0.5) is 0 Å². The highest BCUT2D eigenvalue weighted by Gasteiger charge is 2.42. The smallest absolute Gasteiger partial charge is 0.119 e. The highest BCUT2D eigenvalue weighted by molar-refractivity contribution is 7.80. The zero-order valence-corrected chi connectivity index (χ0v) is 11.9. The number of benzene rings is 1. The van der Waals surface area contributed by atoms with Gasteiger partial charge in [0.25, 0.3) is 0 Å². The van der Waals surface area contributed by atoms with Gasteiger partial charge < -0.3 is 4.74 Å². The maximum atomic E-state index is 5.84. The lowest BCUT2D eigenvalue weighted by Crippen LogP contribution is -2.15. The van der Waals surface area contributed by atoms with Crippen LogP contribution in [0.2, 0.25) is 0 Å². The second kappa shape index (κ2) is 4.56. The van der Waals surface area contributed by atoms with Crippen molar-refractivity contribution < 1.29 is 4.74 Å². The molecule has 1 aromatic carbocycles. The van der Waals surface area contributed by atoms with E-state index in [1.165, 1.54) is 18.4 Å². The molecule has 0 saturated heterocycles. The lowest BCUT2D eigenvalue weighted by molar-refractivity contribution is 0.250. The molecule has 94 valence electrons. The summed E-state index contributed by atoms with van der Waals surface area (Å²) in [6, 6.07) is 8.48. The van der Waals surface area contributed by atoms with Crippen LogP contribution in [-0.2, 0) is 5.41 Å². The van der Waals surface area contributed by atoms with E-state index in [0.717, 1.165) is 18.1 Å². The van der Waals surface area contributed by atoms with Crippen molar-refractivity contribution in [2.45, 2.75) is 39.0 Å². The van der Waals surface area contributed by atoms with E-state index in [4.69, 9.17) is 4.74 Å². The molecule has 1 aliphatic rings. The Labute approximate surface area is 110 Å². The molecule has 0 aromatic heterocycles. The molecule has 1 fully saturated rings. The molecule has 1 aliphatic carbocycles. The van der Waals surface area contributed by atoms with Crippen LogP contribution in [0.15, 0.2) is 24.3 Å². The molecule has 0 bridgehead atoms. The van der Waals surface area contributed by atoms with Gasteiger partial charge in [-0.1, -0.05) is 32.9 Å². The molecule has 1 saturated carbocycles. The molecular weight excluding hydrogens is 228 g/mol. The largest absolute Gasteiger partial charge is 0.493 e. The fourth-order valence-corrected chi connectivity index (χ4v) is 2.22. The molecular formula is C15H22OS. The summed E-state index contributed by atoms with van der Waals surface area (Å²) in [5, 5.41) is 0. The SMILES string of the molecule is CC(C)(C)c1ccc(OCC2(CS)CC2)cc1. The van der Waals surface area contributed by atoms with Gasteiger partial charge in [-0.05, 0) is 41.7 Å². The molecule has 17 heavy (non-hydrogen) atoms. The summed E-state index contributed by atoms with van der Waals surface area (Å²) < 4.78 is 5.84. The number of hydrogen-bond donors (Lipinski definition) is 1. The van der Waals surface area contributed by atoms with Crippen LogP contribution in [0.3, 0.4) is 0 Å². The van der Waals surface area contributed by atoms with Gasteiger partial charge in [-0.15, -0.1) is 0 Å². The van der Waals surface area contributed by atoms with E-state index in [9.17, 15) is 0 Å². The first-order valence-corrected chi connectivity index (χ1v) is 6.93. The van der Waals surface area contributed by atoms with Crippen LogP contribution in [0.5, 0.6) is 5.75 Å². The van der Waals surface area contributed by atoms with E-state index in [2.05, 4.69) is 57.7 Å². The molecule has 0 atom stereocenters. The molecule has 0 amide bonds. The number of ether oxygens (including phenoxy) is 1. The predicted octanol–water partition coefficient (Wildman–Crippen LogP) is 4.07. The second-order valence-electron chi connectivity index (χ2n) is 6.22. The quantitative estimate of drug-likeness (QED) is 0.792. The van der Waals surface area contributed by atoms with Gasteiger partial charge in [-0.25, -0.2) is 0 Å². The first kappa shape index (κ1) is 12.8. The normalized spacial score (nSPS) is 17.9. The minimum absolute atomic E-state index is 0.210. The van der Waals surface area contributed by atoms with Crippen LogP contribution < -0.4 is 4.74 Å². The van der Waals surface area contributed by atoms with Gasteiger partial charge in [0.05, 0.1) is 6.61 Å². The van der Waals surface area contributed by atoms with E-state index in [1.54, 1.807) is 0 Å². The molecule has 0 unspecified atom stereocenters. The lowest BCUT2D eigenvalue weighted by atomic mass is 9.87. The molecule has 2 heteroatoms. The van der Waals surface area contributed by atoms with Gasteiger partial charge in [-0.2, -0.15) is 12.6 Å². The van der Waals surface area contributed by atoms with Crippen molar-refractivity contribution in [3.63, 3.8) is 0 Å². The van der Waals surface area contributed by atoms with Crippen LogP contribution in [0.1, 0.15) is 39.2 Å². The second-order valence-corrected chi connectivity index (χ2v) is 6.54. The minimum atomic E-state index is 0.210. The Morgan fingerprint density at radius 1 is 1.18 bits per heavy atom. The van der Waals surface area contributed by atoms with E-state index in [0.29, 0.717) is 5.41 Å². The number of rotatable bonds is 4. The standard InChI is InChI=1S/C15H22OS/c1-14(2,3)12-4-6-13(7-5-12)16-10-15(11-17)8-9-15/h4-7,17H,8-11H2,1-3H3. The highest BCUT2D eigenvalue weighted by atomic mass is 32.1. The van der Waals surface area contributed by atoms with Crippen LogP contribution in [-0.4, -0.2) is 12.4 Å². The molecule has 1 nitrogen and oxygen atoms in total. The van der Waals surface area contributed by atoms with Crippen molar-refractivity contribution in [3.05, 3.63) is 29.8 Å². The Bertz CT molecular complexity index is 371. The summed E-state index contributed by atoms with van der Waals surface area (Å²) in [6.45, 7) is 7.49. The maximum absolute atomic E-state index is 5.84. The molecule has 0 heterocycles. The molecule has 0 radical (unpaired) electrons. The van der Waals surface area contributed by atoms with E-state index < -0.39 is 0 Å². The highest BCUT2D eigenvalue weighted by Crippen LogP contribution is 2.46. The molecule has 2 rings (SSSR count). The first-order chi connectivity index (χ1) is 7.95. The van der Waals surface area contributed by atoms with Crippen LogP contribution in [0, 0.1) is 5.41 Å². The first-order valence-electron chi connectivity index (χ1n) is 6.29. The third-order valence-corrected chi connectivity index (χ3v) is 4.23. The zero-order valence-electron chi connectivity index (χ0n) is 11.0. The Hall–Kier alpha value is -0.630. The molecule has 1 aromatic rings. The molecule has 0 N–H and O–H groups in total. The van der Waals surface area contributed by atoms with E-state index in [1.807, 2.05) is 0 Å². The van der Waals surface area contributed by atoms with Crippen molar-refractivity contribution in [1.82, 2.24) is 0 Å². The number of hydrogen-bond acceptors (Lipinski definition) is 2. The van der Waals surface area contributed by atoms with Gasteiger partial charge in [0.1, 0.15) is 5.75 Å². The van der Waals surface area contributed by atoms with Crippen LogP contribution >= 0.6 is 12.6 Å². The van der Waals surface area contributed by atoms with Crippen molar-refractivity contribution in [2.24, 2.45) is 5.41 Å². The fourth-order valence-electron chi connectivity index (χ4n) is 1.81. The fraction of sp³-hybridized carbons (Fsp3) is 0.600. The summed E-state index contributed by atoms with van der Waals surface area (Å²) >= 11 is 4.38. The van der Waals surface area contributed by atoms with E-state index in [-0.39, 0.29) is 5.41 Å². The number of thiol groups is 1. The third kappa shape index (κ3) is 3.19. The zero-order chi connectivity index (χ0) is 12.5.